The molecule has 0 fully saturated rings. The van der Waals surface area contributed by atoms with Gasteiger partial charge in [0.2, 0.25) is 0 Å². The number of thiophene rings is 1. The zero-order valence-electron chi connectivity index (χ0n) is 10.9. The van der Waals surface area contributed by atoms with E-state index in [4.69, 9.17) is 16.7 Å². The van der Waals surface area contributed by atoms with Crippen LogP contribution in [0.3, 0.4) is 0 Å². The molecule has 0 saturated heterocycles. The summed E-state index contributed by atoms with van der Waals surface area (Å²) in [6, 6.07) is 7.54. The fraction of sp³-hybridized carbons (Fsp3) is 0.133. The molecule has 0 amide bonds. The van der Waals surface area contributed by atoms with Crippen LogP contribution in [0.2, 0.25) is 5.02 Å². The van der Waals surface area contributed by atoms with Gasteiger partial charge < -0.3 is 10.0 Å². The second-order valence-electron chi connectivity index (χ2n) is 4.36. The Bertz CT molecular complexity index is 623. The Morgan fingerprint density at radius 2 is 2.25 bits per heavy atom. The number of hydrogen-bond donors (Lipinski definition) is 1. The lowest BCUT2D eigenvalue weighted by atomic mass is 10.1. The summed E-state index contributed by atoms with van der Waals surface area (Å²) < 4.78 is 0. The Morgan fingerprint density at radius 1 is 1.45 bits per heavy atom. The molecule has 1 aromatic heterocycles. The maximum atomic E-state index is 10.7. The molecule has 3 nitrogen and oxygen atoms in total. The number of hydrogen-bond acceptors (Lipinski definition) is 3. The molecule has 0 atom stereocenters. The summed E-state index contributed by atoms with van der Waals surface area (Å²) in [5.74, 6) is -0.976. The summed E-state index contributed by atoms with van der Waals surface area (Å²) >= 11 is 7.64. The lowest BCUT2D eigenvalue weighted by Crippen LogP contribution is -2.16. The topological polar surface area (TPSA) is 40.5 Å². The van der Waals surface area contributed by atoms with Crippen molar-refractivity contribution in [2.45, 2.75) is 6.54 Å². The largest absolute Gasteiger partial charge is 0.478 e. The highest BCUT2D eigenvalue weighted by atomic mass is 35.5. The van der Waals surface area contributed by atoms with Gasteiger partial charge in [0.1, 0.15) is 0 Å². The van der Waals surface area contributed by atoms with Crippen molar-refractivity contribution in [3.63, 3.8) is 0 Å². The van der Waals surface area contributed by atoms with Crippen molar-refractivity contribution in [2.75, 3.05) is 11.9 Å². The number of nitrogens with zero attached hydrogens (tertiary/aromatic N) is 1. The van der Waals surface area contributed by atoms with E-state index in [9.17, 15) is 4.79 Å². The highest BCUT2D eigenvalue weighted by Crippen LogP contribution is 2.26. The second-order valence-corrected chi connectivity index (χ2v) is 5.58. The summed E-state index contributed by atoms with van der Waals surface area (Å²) in [4.78, 5) is 12.7. The van der Waals surface area contributed by atoms with Crippen LogP contribution in [0.4, 0.5) is 5.69 Å². The SMILES string of the molecule is CN(Cc1ccsc1)c1ccc(Cl)cc1/C=C/C(=O)O. The van der Waals surface area contributed by atoms with Gasteiger partial charge in [0.15, 0.2) is 0 Å². The van der Waals surface area contributed by atoms with Crippen LogP contribution in [0.15, 0.2) is 41.1 Å². The molecule has 0 saturated carbocycles. The number of benzene rings is 1. The van der Waals surface area contributed by atoms with E-state index in [1.165, 1.54) is 5.56 Å². The molecule has 2 rings (SSSR count). The summed E-state index contributed by atoms with van der Waals surface area (Å²) in [7, 11) is 1.97. The van der Waals surface area contributed by atoms with Gasteiger partial charge in [-0.3, -0.25) is 0 Å². The maximum Gasteiger partial charge on any atom is 0.328 e. The molecular weight excluding hydrogens is 294 g/mol. The smallest absolute Gasteiger partial charge is 0.328 e. The number of carboxylic acid groups (broad SMARTS) is 1. The van der Waals surface area contributed by atoms with Gasteiger partial charge in [0.05, 0.1) is 0 Å². The van der Waals surface area contributed by atoms with Crippen LogP contribution in [-0.2, 0) is 11.3 Å². The van der Waals surface area contributed by atoms with Gasteiger partial charge in [-0.1, -0.05) is 11.6 Å². The third-order valence-corrected chi connectivity index (χ3v) is 3.77. The van der Waals surface area contributed by atoms with Gasteiger partial charge in [0, 0.05) is 30.4 Å². The van der Waals surface area contributed by atoms with Gasteiger partial charge in [-0.05, 0) is 52.2 Å². The Balaban J connectivity index is 2.27. The first-order valence-corrected chi connectivity index (χ1v) is 7.31. The van der Waals surface area contributed by atoms with Gasteiger partial charge in [-0.25, -0.2) is 4.79 Å². The first kappa shape index (κ1) is 14.6. The highest BCUT2D eigenvalue weighted by molar-refractivity contribution is 7.07. The number of rotatable bonds is 5. The molecule has 0 radical (unpaired) electrons. The summed E-state index contributed by atoms with van der Waals surface area (Å²) in [5, 5.41) is 13.5. The molecule has 104 valence electrons. The van der Waals surface area contributed by atoms with E-state index < -0.39 is 5.97 Å². The number of anilines is 1. The van der Waals surface area contributed by atoms with E-state index in [-0.39, 0.29) is 0 Å². The van der Waals surface area contributed by atoms with Crippen molar-refractivity contribution in [1.82, 2.24) is 0 Å². The van der Waals surface area contributed by atoms with Crippen molar-refractivity contribution < 1.29 is 9.90 Å². The molecule has 0 aliphatic heterocycles. The Labute approximate surface area is 126 Å². The summed E-state index contributed by atoms with van der Waals surface area (Å²) in [5.41, 5.74) is 2.95. The monoisotopic (exact) mass is 307 g/mol. The van der Waals surface area contributed by atoms with Crippen molar-refractivity contribution >= 4 is 40.7 Å². The molecule has 0 aliphatic carbocycles. The van der Waals surface area contributed by atoms with E-state index in [1.54, 1.807) is 29.5 Å². The first-order chi connectivity index (χ1) is 9.56. The fourth-order valence-corrected chi connectivity index (χ4v) is 2.75. The molecule has 0 spiro atoms. The quantitative estimate of drug-likeness (QED) is 0.844. The Morgan fingerprint density at radius 3 is 2.90 bits per heavy atom. The molecule has 0 unspecified atom stereocenters. The third kappa shape index (κ3) is 3.85. The lowest BCUT2D eigenvalue weighted by molar-refractivity contribution is -0.131. The van der Waals surface area contributed by atoms with Gasteiger partial charge in [-0.15, -0.1) is 0 Å². The van der Waals surface area contributed by atoms with E-state index in [0.717, 1.165) is 23.9 Å². The minimum absolute atomic E-state index is 0.586. The maximum absolute atomic E-state index is 10.7. The average molecular weight is 308 g/mol. The van der Waals surface area contributed by atoms with Crippen molar-refractivity contribution in [1.29, 1.82) is 0 Å². The minimum Gasteiger partial charge on any atom is -0.478 e. The van der Waals surface area contributed by atoms with Crippen LogP contribution in [0.25, 0.3) is 6.08 Å². The molecular formula is C15H14ClNO2S. The minimum atomic E-state index is -0.976. The van der Waals surface area contributed by atoms with Crippen LogP contribution in [0, 0.1) is 0 Å². The first-order valence-electron chi connectivity index (χ1n) is 5.99. The van der Waals surface area contributed by atoms with E-state index in [1.807, 2.05) is 18.5 Å². The van der Waals surface area contributed by atoms with Crippen LogP contribution in [-0.4, -0.2) is 18.1 Å². The molecule has 20 heavy (non-hydrogen) atoms. The number of carboxylic acids is 1. The highest BCUT2D eigenvalue weighted by Gasteiger charge is 2.08. The number of halogens is 1. The number of carbonyl (C=O) groups is 1. The third-order valence-electron chi connectivity index (χ3n) is 2.81. The normalized spacial score (nSPS) is 10.9. The van der Waals surface area contributed by atoms with Crippen LogP contribution < -0.4 is 4.90 Å². The van der Waals surface area contributed by atoms with Crippen molar-refractivity contribution in [2.24, 2.45) is 0 Å². The predicted octanol–water partition coefficient (Wildman–Crippen LogP) is 4.14. The molecule has 1 heterocycles. The summed E-state index contributed by atoms with van der Waals surface area (Å²) in [6.07, 6.45) is 2.68. The standard InChI is InChI=1S/C15H14ClNO2S/c1-17(9-11-6-7-20-10-11)14-4-3-13(16)8-12(14)2-5-15(18)19/h2-8,10H,9H2,1H3,(H,18,19)/b5-2+. The van der Waals surface area contributed by atoms with E-state index >= 15 is 0 Å². The van der Waals surface area contributed by atoms with Gasteiger partial charge in [-0.2, -0.15) is 11.3 Å². The van der Waals surface area contributed by atoms with E-state index in [0.29, 0.717) is 5.02 Å². The van der Waals surface area contributed by atoms with Gasteiger partial charge >= 0.3 is 5.97 Å². The number of aliphatic carboxylic acids is 1. The molecule has 0 aliphatic rings. The fourth-order valence-electron chi connectivity index (χ4n) is 1.91. The molecule has 2 aromatic rings. The Hall–Kier alpha value is -1.78. The molecule has 5 heteroatoms. The van der Waals surface area contributed by atoms with Gasteiger partial charge in [0.25, 0.3) is 0 Å². The Kier molecular flexibility index (Phi) is 4.82. The summed E-state index contributed by atoms with van der Waals surface area (Å²) in [6.45, 7) is 0.763. The molecule has 1 N–H and O–H groups in total. The van der Waals surface area contributed by atoms with Crippen LogP contribution >= 0.6 is 22.9 Å². The van der Waals surface area contributed by atoms with Crippen LogP contribution in [0.1, 0.15) is 11.1 Å². The van der Waals surface area contributed by atoms with Crippen LogP contribution in [0.5, 0.6) is 0 Å². The average Bonchev–Trinajstić information content (AvgIpc) is 2.89. The zero-order valence-corrected chi connectivity index (χ0v) is 12.5. The van der Waals surface area contributed by atoms with Crippen molar-refractivity contribution in [3.05, 3.63) is 57.3 Å². The lowest BCUT2D eigenvalue weighted by Gasteiger charge is -2.21. The van der Waals surface area contributed by atoms with Crippen molar-refractivity contribution in [3.8, 4) is 0 Å². The molecule has 0 bridgehead atoms. The van der Waals surface area contributed by atoms with E-state index in [2.05, 4.69) is 16.3 Å². The zero-order chi connectivity index (χ0) is 14.5. The second kappa shape index (κ2) is 6.59. The predicted molar refractivity (Wildman–Crippen MR) is 84.5 cm³/mol. The molecule has 1 aromatic carbocycles.